The van der Waals surface area contributed by atoms with Crippen molar-refractivity contribution in [2.45, 2.75) is 39.7 Å². The molecule has 156 valence electrons. The summed E-state index contributed by atoms with van der Waals surface area (Å²) in [4.78, 5) is 28.1. The van der Waals surface area contributed by atoms with Gasteiger partial charge in [0.15, 0.2) is 0 Å². The molecule has 1 aromatic carbocycles. The van der Waals surface area contributed by atoms with Gasteiger partial charge >= 0.3 is 0 Å². The topological polar surface area (TPSA) is 64.7 Å². The number of carbonyl (C=O) groups excluding carboxylic acids is 2. The second-order valence-corrected chi connectivity index (χ2v) is 8.25. The van der Waals surface area contributed by atoms with E-state index in [2.05, 4.69) is 67.5 Å². The van der Waals surface area contributed by atoms with Crippen LogP contribution in [-0.2, 0) is 9.59 Å². The summed E-state index contributed by atoms with van der Waals surface area (Å²) in [5.41, 5.74) is 2.56. The quantitative estimate of drug-likeness (QED) is 0.715. The molecule has 2 rings (SSSR count). The Morgan fingerprint density at radius 3 is 2.04 bits per heavy atom. The van der Waals surface area contributed by atoms with E-state index < -0.39 is 0 Å². The largest absolute Gasteiger partial charge is 0.358 e. The molecule has 1 atom stereocenters. The first-order chi connectivity index (χ1) is 13.3. The first-order valence-electron chi connectivity index (χ1n) is 10.4. The summed E-state index contributed by atoms with van der Waals surface area (Å²) in [5, 5.41) is 6.11. The third-order valence-electron chi connectivity index (χ3n) is 5.47. The van der Waals surface area contributed by atoms with E-state index in [1.807, 2.05) is 4.90 Å². The van der Waals surface area contributed by atoms with Crippen molar-refractivity contribution in [3.63, 3.8) is 0 Å². The zero-order valence-corrected chi connectivity index (χ0v) is 18.0. The molecular formula is C22H36N4O2. The number of nitrogens with one attached hydrogen (secondary N) is 2. The molecule has 1 aliphatic rings. The molecule has 6 nitrogen and oxygen atoms in total. The monoisotopic (exact) mass is 388 g/mol. The molecule has 6 heteroatoms. The van der Waals surface area contributed by atoms with Crippen molar-refractivity contribution in [2.75, 3.05) is 46.3 Å². The van der Waals surface area contributed by atoms with Crippen molar-refractivity contribution in [1.82, 2.24) is 20.4 Å². The number of hydrogen-bond donors (Lipinski definition) is 2. The van der Waals surface area contributed by atoms with Crippen LogP contribution in [0.25, 0.3) is 0 Å². The van der Waals surface area contributed by atoms with Crippen LogP contribution < -0.4 is 10.6 Å². The molecule has 1 fully saturated rings. The van der Waals surface area contributed by atoms with Crippen LogP contribution in [0.5, 0.6) is 0 Å². The maximum atomic E-state index is 12.7. The van der Waals surface area contributed by atoms with Gasteiger partial charge in [-0.2, -0.15) is 0 Å². The Bertz CT molecular complexity index is 634. The predicted molar refractivity (Wildman–Crippen MR) is 113 cm³/mol. The third-order valence-corrected chi connectivity index (χ3v) is 5.47. The van der Waals surface area contributed by atoms with Crippen molar-refractivity contribution in [2.24, 2.45) is 5.92 Å². The molecule has 0 unspecified atom stereocenters. The van der Waals surface area contributed by atoms with E-state index >= 15 is 0 Å². The van der Waals surface area contributed by atoms with Gasteiger partial charge in [0.2, 0.25) is 11.8 Å². The highest BCUT2D eigenvalue weighted by Gasteiger charge is 2.23. The summed E-state index contributed by atoms with van der Waals surface area (Å²) < 4.78 is 0. The lowest BCUT2D eigenvalue weighted by molar-refractivity contribution is -0.132. The number of rotatable bonds is 8. The van der Waals surface area contributed by atoms with Crippen LogP contribution in [0.15, 0.2) is 24.3 Å². The van der Waals surface area contributed by atoms with Crippen LogP contribution >= 0.6 is 0 Å². The maximum Gasteiger partial charge on any atom is 0.236 e. The highest BCUT2D eigenvalue weighted by molar-refractivity contribution is 5.79. The number of nitrogens with zero attached hydrogens (tertiary/aromatic N) is 2. The van der Waals surface area contributed by atoms with E-state index in [9.17, 15) is 9.59 Å². The minimum atomic E-state index is 0.0182. The summed E-state index contributed by atoms with van der Waals surface area (Å²) in [6.07, 6.45) is 0. The smallest absolute Gasteiger partial charge is 0.236 e. The first kappa shape index (κ1) is 22.4. The lowest BCUT2D eigenvalue weighted by atomic mass is 9.93. The van der Waals surface area contributed by atoms with Gasteiger partial charge in [-0.05, 0) is 23.0 Å². The maximum absolute atomic E-state index is 12.7. The zero-order valence-electron chi connectivity index (χ0n) is 18.0. The molecule has 0 aliphatic carbocycles. The van der Waals surface area contributed by atoms with Gasteiger partial charge in [0.25, 0.3) is 0 Å². The second kappa shape index (κ2) is 10.6. The van der Waals surface area contributed by atoms with Gasteiger partial charge in [0.1, 0.15) is 0 Å². The Labute approximate surface area is 169 Å². The Kier molecular flexibility index (Phi) is 8.45. The van der Waals surface area contributed by atoms with Gasteiger partial charge in [0, 0.05) is 39.3 Å². The van der Waals surface area contributed by atoms with Gasteiger partial charge in [-0.3, -0.25) is 14.5 Å². The molecule has 1 aliphatic heterocycles. The van der Waals surface area contributed by atoms with Crippen LogP contribution in [0.2, 0.25) is 0 Å². The lowest BCUT2D eigenvalue weighted by Crippen LogP contribution is -2.52. The fourth-order valence-electron chi connectivity index (χ4n) is 3.57. The number of hydrogen-bond acceptors (Lipinski definition) is 4. The van der Waals surface area contributed by atoms with Crippen LogP contribution in [0.1, 0.15) is 50.8 Å². The summed E-state index contributed by atoms with van der Waals surface area (Å²) >= 11 is 0. The van der Waals surface area contributed by atoms with Gasteiger partial charge in [-0.25, -0.2) is 0 Å². The third kappa shape index (κ3) is 6.31. The highest BCUT2D eigenvalue weighted by atomic mass is 16.2. The van der Waals surface area contributed by atoms with E-state index in [0.29, 0.717) is 38.0 Å². The van der Waals surface area contributed by atoms with Crippen LogP contribution in [-0.4, -0.2) is 67.9 Å². The molecule has 2 amide bonds. The second-order valence-electron chi connectivity index (χ2n) is 8.25. The molecule has 1 aromatic rings. The Balaban J connectivity index is 1.86. The fraction of sp³-hybridized carbons (Fsp3) is 0.636. The fourth-order valence-corrected chi connectivity index (χ4v) is 3.57. The van der Waals surface area contributed by atoms with E-state index in [0.717, 1.165) is 13.1 Å². The number of likely N-dealkylation sites (N-methyl/N-ethyl adjacent to an activating group) is 1. The molecule has 0 aromatic heterocycles. The van der Waals surface area contributed by atoms with Crippen LogP contribution in [0.3, 0.4) is 0 Å². The highest BCUT2D eigenvalue weighted by Crippen LogP contribution is 2.24. The van der Waals surface area contributed by atoms with E-state index in [1.54, 1.807) is 7.05 Å². The lowest BCUT2D eigenvalue weighted by Gasteiger charge is -2.34. The van der Waals surface area contributed by atoms with Gasteiger partial charge in [0.05, 0.1) is 13.1 Å². The molecule has 2 N–H and O–H groups in total. The minimum absolute atomic E-state index is 0.0182. The molecule has 0 radical (unpaired) electrons. The van der Waals surface area contributed by atoms with Gasteiger partial charge in [-0.15, -0.1) is 0 Å². The van der Waals surface area contributed by atoms with E-state index in [1.165, 1.54) is 11.1 Å². The summed E-state index contributed by atoms with van der Waals surface area (Å²) in [6, 6.07) is 8.87. The van der Waals surface area contributed by atoms with Gasteiger partial charge < -0.3 is 15.5 Å². The summed E-state index contributed by atoms with van der Waals surface area (Å²) in [7, 11) is 1.65. The van der Waals surface area contributed by atoms with Crippen molar-refractivity contribution < 1.29 is 9.59 Å². The van der Waals surface area contributed by atoms with E-state index in [-0.39, 0.29) is 17.9 Å². The predicted octanol–water partition coefficient (Wildman–Crippen LogP) is 1.99. The Morgan fingerprint density at radius 2 is 1.54 bits per heavy atom. The number of carbonyl (C=O) groups is 2. The van der Waals surface area contributed by atoms with Crippen LogP contribution in [0, 0.1) is 5.92 Å². The first-order valence-corrected chi connectivity index (χ1v) is 10.4. The summed E-state index contributed by atoms with van der Waals surface area (Å²) in [5.74, 6) is 1.05. The normalized spacial score (nSPS) is 16.5. The molecule has 0 bridgehead atoms. The Hall–Kier alpha value is -1.92. The molecule has 28 heavy (non-hydrogen) atoms. The Morgan fingerprint density at radius 1 is 0.964 bits per heavy atom. The average Bonchev–Trinajstić information content (AvgIpc) is 2.68. The standard InChI is InChI=1S/C22H36N4O2/c1-16(2)18-6-8-19(9-7-18)22(17(3)4)24-14-21(28)26-12-10-25(11-13-26)15-20(27)23-5/h6-9,16-17,22,24H,10-15H2,1-5H3,(H,23,27)/t22-/m0/s1. The van der Waals surface area contributed by atoms with Crippen molar-refractivity contribution in [1.29, 1.82) is 0 Å². The van der Waals surface area contributed by atoms with Crippen molar-refractivity contribution >= 4 is 11.8 Å². The molecule has 0 spiro atoms. The molecular weight excluding hydrogens is 352 g/mol. The number of benzene rings is 1. The van der Waals surface area contributed by atoms with Crippen molar-refractivity contribution in [3.05, 3.63) is 35.4 Å². The number of amides is 2. The van der Waals surface area contributed by atoms with Crippen LogP contribution in [0.4, 0.5) is 0 Å². The molecule has 1 saturated heterocycles. The molecule has 1 heterocycles. The van der Waals surface area contributed by atoms with Crippen molar-refractivity contribution in [3.8, 4) is 0 Å². The average molecular weight is 389 g/mol. The van der Waals surface area contributed by atoms with Gasteiger partial charge in [-0.1, -0.05) is 52.0 Å². The zero-order chi connectivity index (χ0) is 20.7. The number of piperazine rings is 1. The summed E-state index contributed by atoms with van der Waals surface area (Å²) in [6.45, 7) is 12.3. The SMILES string of the molecule is CNC(=O)CN1CCN(C(=O)CN[C@H](c2ccc(C(C)C)cc2)C(C)C)CC1. The molecule has 0 saturated carbocycles. The minimum Gasteiger partial charge on any atom is -0.358 e. The van der Waals surface area contributed by atoms with E-state index in [4.69, 9.17) is 0 Å².